The van der Waals surface area contributed by atoms with Crippen molar-refractivity contribution in [2.24, 2.45) is 0 Å². The van der Waals surface area contributed by atoms with Gasteiger partial charge in [0.2, 0.25) is 0 Å². The molecule has 0 saturated carbocycles. The summed E-state index contributed by atoms with van der Waals surface area (Å²) in [6.45, 7) is 0.410. The van der Waals surface area contributed by atoms with Crippen molar-refractivity contribution < 1.29 is 0 Å². The lowest BCUT2D eigenvalue weighted by atomic mass is 10.2. The molecule has 82 valence electrons. The topological polar surface area (TPSA) is 34.9 Å². The number of benzene rings is 1. The first-order valence-electron chi connectivity index (χ1n) is 4.67. The number of rotatable bonds is 2. The van der Waals surface area contributed by atoms with Gasteiger partial charge in [0.15, 0.2) is 0 Å². The molecule has 0 amide bonds. The molecule has 0 aliphatic carbocycles. The Morgan fingerprint density at radius 1 is 1.31 bits per heavy atom. The van der Waals surface area contributed by atoms with Crippen LogP contribution in [-0.2, 0) is 6.54 Å². The van der Waals surface area contributed by atoms with Crippen molar-refractivity contribution in [3.63, 3.8) is 0 Å². The first kappa shape index (κ1) is 11.2. The van der Waals surface area contributed by atoms with Crippen LogP contribution in [0.2, 0.25) is 5.02 Å². The maximum atomic E-state index is 11.7. The molecule has 0 bridgehead atoms. The molecule has 0 unspecified atom stereocenters. The fraction of sp³-hybridized carbons (Fsp3) is 0.0909. The zero-order valence-corrected chi connectivity index (χ0v) is 9.95. The van der Waals surface area contributed by atoms with Crippen molar-refractivity contribution in [3.8, 4) is 0 Å². The second-order valence-corrected chi connectivity index (χ2v) is 4.15. The van der Waals surface area contributed by atoms with Gasteiger partial charge in [0.25, 0.3) is 5.56 Å². The van der Waals surface area contributed by atoms with E-state index in [4.69, 9.17) is 11.6 Å². The molecule has 0 N–H and O–H groups in total. The molecule has 3 nitrogen and oxygen atoms in total. The lowest BCUT2D eigenvalue weighted by Gasteiger charge is -2.05. The van der Waals surface area contributed by atoms with Crippen molar-refractivity contribution in [1.82, 2.24) is 9.78 Å². The fourth-order valence-corrected chi connectivity index (χ4v) is 1.62. The summed E-state index contributed by atoms with van der Waals surface area (Å²) in [6.07, 6.45) is 1.47. The molecule has 16 heavy (non-hydrogen) atoms. The highest BCUT2D eigenvalue weighted by Crippen LogP contribution is 2.12. The van der Waals surface area contributed by atoms with E-state index in [0.29, 0.717) is 11.4 Å². The summed E-state index contributed by atoms with van der Waals surface area (Å²) in [5, 5.41) is 4.08. The average molecular weight is 253 g/mol. The largest absolute Gasteiger partial charge is 0.286 e. The van der Waals surface area contributed by atoms with Crippen molar-refractivity contribution in [1.29, 1.82) is 0 Å². The fourth-order valence-electron chi connectivity index (χ4n) is 1.33. The second-order valence-electron chi connectivity index (χ2n) is 3.29. The summed E-state index contributed by atoms with van der Waals surface area (Å²) >= 11 is 9.83. The van der Waals surface area contributed by atoms with Gasteiger partial charge >= 0.3 is 0 Å². The molecular formula is C11H9ClN2OS. The molecule has 0 aliphatic rings. The van der Waals surface area contributed by atoms with Gasteiger partial charge < -0.3 is 0 Å². The van der Waals surface area contributed by atoms with Crippen LogP contribution in [0, 0.1) is 0 Å². The van der Waals surface area contributed by atoms with Crippen molar-refractivity contribution in [3.05, 3.63) is 57.5 Å². The number of thiol groups is 1. The third kappa shape index (κ3) is 2.28. The zero-order valence-electron chi connectivity index (χ0n) is 8.30. The van der Waals surface area contributed by atoms with Gasteiger partial charge in [-0.3, -0.25) is 4.79 Å². The summed E-state index contributed by atoms with van der Waals surface area (Å²) in [5.74, 6) is 0. The Hall–Kier alpha value is -1.26. The summed E-state index contributed by atoms with van der Waals surface area (Å²) in [7, 11) is 0. The molecule has 0 atom stereocenters. The van der Waals surface area contributed by atoms with Gasteiger partial charge in [0.1, 0.15) is 5.02 Å². The van der Waals surface area contributed by atoms with Crippen LogP contribution < -0.4 is 5.56 Å². The Kier molecular flexibility index (Phi) is 3.31. The lowest BCUT2D eigenvalue weighted by Crippen LogP contribution is -2.23. The predicted octanol–water partition coefficient (Wildman–Crippen LogP) is 2.23. The molecule has 1 aromatic carbocycles. The number of nitrogens with zero attached hydrogens (tertiary/aromatic N) is 2. The number of halogens is 1. The van der Waals surface area contributed by atoms with Crippen molar-refractivity contribution >= 4 is 24.2 Å². The van der Waals surface area contributed by atoms with E-state index >= 15 is 0 Å². The Morgan fingerprint density at radius 2 is 2.00 bits per heavy atom. The average Bonchev–Trinajstić information content (AvgIpc) is 2.31. The minimum atomic E-state index is -0.321. The monoisotopic (exact) mass is 252 g/mol. The molecule has 1 heterocycles. The van der Waals surface area contributed by atoms with E-state index in [1.807, 2.05) is 30.3 Å². The molecule has 0 aliphatic heterocycles. The maximum absolute atomic E-state index is 11.7. The van der Waals surface area contributed by atoms with E-state index in [1.165, 1.54) is 10.9 Å². The van der Waals surface area contributed by atoms with Crippen molar-refractivity contribution in [2.75, 3.05) is 0 Å². The van der Waals surface area contributed by atoms with Crippen LogP contribution in [0.5, 0.6) is 0 Å². The third-order valence-electron chi connectivity index (χ3n) is 2.14. The quantitative estimate of drug-likeness (QED) is 0.832. The molecule has 0 spiro atoms. The van der Waals surface area contributed by atoms with E-state index in [-0.39, 0.29) is 10.6 Å². The summed E-state index contributed by atoms with van der Waals surface area (Å²) < 4.78 is 1.32. The van der Waals surface area contributed by atoms with Gasteiger partial charge in [-0.25, -0.2) is 4.68 Å². The molecule has 2 rings (SSSR count). The van der Waals surface area contributed by atoms with Gasteiger partial charge in [-0.2, -0.15) is 5.10 Å². The van der Waals surface area contributed by atoms with Crippen LogP contribution in [0.3, 0.4) is 0 Å². The number of aromatic nitrogens is 2. The summed E-state index contributed by atoms with van der Waals surface area (Å²) in [5.41, 5.74) is 0.679. The Labute approximate surface area is 103 Å². The predicted molar refractivity (Wildman–Crippen MR) is 66.3 cm³/mol. The van der Waals surface area contributed by atoms with Gasteiger partial charge in [-0.1, -0.05) is 41.9 Å². The SMILES string of the molecule is O=c1c(Cl)c(S)cnn1Cc1ccccc1. The molecule has 2 aromatic rings. The van der Waals surface area contributed by atoms with Crippen LogP contribution >= 0.6 is 24.2 Å². The first-order valence-corrected chi connectivity index (χ1v) is 5.49. The van der Waals surface area contributed by atoms with Gasteiger partial charge in [-0.05, 0) is 5.56 Å². The minimum Gasteiger partial charge on any atom is -0.266 e. The van der Waals surface area contributed by atoms with Crippen LogP contribution in [0.25, 0.3) is 0 Å². The molecule has 0 saturated heterocycles. The van der Waals surface area contributed by atoms with Crippen LogP contribution in [0.15, 0.2) is 46.2 Å². The number of hydrogen-bond acceptors (Lipinski definition) is 3. The smallest absolute Gasteiger partial charge is 0.266 e. The van der Waals surface area contributed by atoms with E-state index < -0.39 is 0 Å². The van der Waals surface area contributed by atoms with E-state index in [1.54, 1.807) is 0 Å². The normalized spacial score (nSPS) is 10.4. The Morgan fingerprint density at radius 3 is 2.69 bits per heavy atom. The van der Waals surface area contributed by atoms with Gasteiger partial charge in [-0.15, -0.1) is 12.6 Å². The second kappa shape index (κ2) is 4.72. The van der Waals surface area contributed by atoms with Crippen LogP contribution in [-0.4, -0.2) is 9.78 Å². The molecule has 0 fully saturated rings. The van der Waals surface area contributed by atoms with E-state index in [2.05, 4.69) is 17.7 Å². The number of hydrogen-bond donors (Lipinski definition) is 1. The van der Waals surface area contributed by atoms with Gasteiger partial charge in [0, 0.05) is 4.90 Å². The first-order chi connectivity index (χ1) is 7.68. The van der Waals surface area contributed by atoms with Crippen LogP contribution in [0.1, 0.15) is 5.56 Å². The lowest BCUT2D eigenvalue weighted by molar-refractivity contribution is 0.631. The molecule has 0 radical (unpaired) electrons. The van der Waals surface area contributed by atoms with Gasteiger partial charge in [0.05, 0.1) is 12.7 Å². The minimum absolute atomic E-state index is 0.106. The Bertz CT molecular complexity index is 554. The van der Waals surface area contributed by atoms with E-state index in [0.717, 1.165) is 5.56 Å². The molecule has 1 aromatic heterocycles. The molecule has 5 heteroatoms. The maximum Gasteiger partial charge on any atom is 0.286 e. The third-order valence-corrected chi connectivity index (χ3v) is 2.98. The van der Waals surface area contributed by atoms with Crippen molar-refractivity contribution in [2.45, 2.75) is 11.4 Å². The molecular weight excluding hydrogens is 244 g/mol. The Balaban J connectivity index is 2.37. The van der Waals surface area contributed by atoms with E-state index in [9.17, 15) is 4.79 Å². The zero-order chi connectivity index (χ0) is 11.5. The summed E-state index contributed by atoms with van der Waals surface area (Å²) in [4.78, 5) is 12.1. The summed E-state index contributed by atoms with van der Waals surface area (Å²) in [6, 6.07) is 9.60. The standard InChI is InChI=1S/C11H9ClN2OS/c12-10-9(16)6-13-14(11(10)15)7-8-4-2-1-3-5-8/h1-6,16H,7H2. The van der Waals surface area contributed by atoms with Crippen LogP contribution in [0.4, 0.5) is 0 Å². The highest BCUT2D eigenvalue weighted by atomic mass is 35.5. The highest BCUT2D eigenvalue weighted by Gasteiger charge is 2.06. The highest BCUT2D eigenvalue weighted by molar-refractivity contribution is 7.80.